The Morgan fingerprint density at radius 1 is 1.40 bits per heavy atom. The molecule has 5 heteroatoms. The molecular formula is C15H22BrN3O. The van der Waals surface area contributed by atoms with Crippen LogP contribution in [0, 0.1) is 0 Å². The van der Waals surface area contributed by atoms with E-state index in [-0.39, 0.29) is 5.91 Å². The molecule has 1 aliphatic carbocycles. The summed E-state index contributed by atoms with van der Waals surface area (Å²) in [5.41, 5.74) is 0.852. The molecule has 3 rings (SSSR count). The van der Waals surface area contributed by atoms with Crippen LogP contribution < -0.4 is 0 Å². The maximum atomic E-state index is 12.9. The standard InChI is InChI=1S/C15H22BrN3O/c1-17(2)10-13-4-3-7-18(13)15(20)14-8-11(16)9-19(14)12-5-6-12/h8-9,12-13H,3-7,10H2,1-2H3. The van der Waals surface area contributed by atoms with E-state index in [0.717, 1.165) is 36.1 Å². The minimum atomic E-state index is 0.201. The quantitative estimate of drug-likeness (QED) is 0.843. The summed E-state index contributed by atoms with van der Waals surface area (Å²) >= 11 is 3.51. The summed E-state index contributed by atoms with van der Waals surface area (Å²) in [5, 5.41) is 0. The van der Waals surface area contributed by atoms with Gasteiger partial charge in [0.15, 0.2) is 0 Å². The lowest BCUT2D eigenvalue weighted by atomic mass is 10.2. The van der Waals surface area contributed by atoms with Gasteiger partial charge in [0.2, 0.25) is 0 Å². The number of likely N-dealkylation sites (N-methyl/N-ethyl adjacent to an activating group) is 1. The van der Waals surface area contributed by atoms with Crippen LogP contribution in [0.1, 0.15) is 42.2 Å². The predicted octanol–water partition coefficient (Wildman–Crippen LogP) is 2.75. The number of amides is 1. The lowest BCUT2D eigenvalue weighted by Crippen LogP contribution is -2.41. The third-order valence-electron chi connectivity index (χ3n) is 4.19. The minimum absolute atomic E-state index is 0.201. The fourth-order valence-electron chi connectivity index (χ4n) is 3.13. The number of carbonyl (C=O) groups is 1. The first kappa shape index (κ1) is 14.1. The maximum absolute atomic E-state index is 12.9. The molecule has 0 aromatic carbocycles. The third-order valence-corrected chi connectivity index (χ3v) is 4.62. The van der Waals surface area contributed by atoms with E-state index in [2.05, 4.69) is 50.6 Å². The second-order valence-corrected chi connectivity index (χ2v) is 7.15. The average Bonchev–Trinajstić information content (AvgIpc) is 3.01. The highest BCUT2D eigenvalue weighted by Crippen LogP contribution is 2.38. The molecule has 2 aliphatic rings. The van der Waals surface area contributed by atoms with Crippen molar-refractivity contribution < 1.29 is 4.79 Å². The summed E-state index contributed by atoms with van der Waals surface area (Å²) in [4.78, 5) is 17.1. The number of likely N-dealkylation sites (tertiary alicyclic amines) is 1. The monoisotopic (exact) mass is 339 g/mol. The van der Waals surface area contributed by atoms with Crippen molar-refractivity contribution in [3.05, 3.63) is 22.4 Å². The molecule has 2 heterocycles. The van der Waals surface area contributed by atoms with Crippen LogP contribution in [0.2, 0.25) is 0 Å². The van der Waals surface area contributed by atoms with E-state index in [1.807, 2.05) is 6.07 Å². The summed E-state index contributed by atoms with van der Waals surface area (Å²) in [7, 11) is 4.15. The zero-order valence-corrected chi connectivity index (χ0v) is 13.8. The van der Waals surface area contributed by atoms with Gasteiger partial charge in [-0.3, -0.25) is 4.79 Å². The summed E-state index contributed by atoms with van der Waals surface area (Å²) in [6.07, 6.45) is 6.69. The summed E-state index contributed by atoms with van der Waals surface area (Å²) in [5.74, 6) is 0.201. The Hall–Kier alpha value is -0.810. The highest BCUT2D eigenvalue weighted by Gasteiger charge is 2.34. The van der Waals surface area contributed by atoms with E-state index in [9.17, 15) is 4.79 Å². The third kappa shape index (κ3) is 2.79. The number of rotatable bonds is 4. The summed E-state index contributed by atoms with van der Waals surface area (Å²) < 4.78 is 3.17. The van der Waals surface area contributed by atoms with Gasteiger partial charge in [-0.1, -0.05) is 0 Å². The smallest absolute Gasteiger partial charge is 0.270 e. The van der Waals surface area contributed by atoms with Gasteiger partial charge in [-0.2, -0.15) is 0 Å². The van der Waals surface area contributed by atoms with Crippen LogP contribution in [0.4, 0.5) is 0 Å². The Morgan fingerprint density at radius 3 is 2.80 bits per heavy atom. The molecule has 1 amide bonds. The fourth-order valence-corrected chi connectivity index (χ4v) is 3.57. The van der Waals surface area contributed by atoms with Crippen molar-refractivity contribution in [2.24, 2.45) is 0 Å². The van der Waals surface area contributed by atoms with Crippen molar-refractivity contribution in [3.8, 4) is 0 Å². The van der Waals surface area contributed by atoms with Gasteiger partial charge in [0.05, 0.1) is 0 Å². The van der Waals surface area contributed by atoms with E-state index >= 15 is 0 Å². The van der Waals surface area contributed by atoms with Crippen molar-refractivity contribution in [2.45, 2.75) is 37.8 Å². The minimum Gasteiger partial charge on any atom is -0.339 e. The molecule has 4 nitrogen and oxygen atoms in total. The predicted molar refractivity (Wildman–Crippen MR) is 83.0 cm³/mol. The molecule has 2 fully saturated rings. The molecule has 0 spiro atoms. The second-order valence-electron chi connectivity index (χ2n) is 6.24. The van der Waals surface area contributed by atoms with Gasteiger partial charge < -0.3 is 14.4 Å². The van der Waals surface area contributed by atoms with Crippen LogP contribution in [-0.4, -0.2) is 53.5 Å². The molecule has 1 aliphatic heterocycles. The van der Waals surface area contributed by atoms with Gasteiger partial charge >= 0.3 is 0 Å². The Morgan fingerprint density at radius 2 is 2.15 bits per heavy atom. The van der Waals surface area contributed by atoms with Gasteiger partial charge in [0.25, 0.3) is 5.91 Å². The molecule has 1 aromatic rings. The molecule has 0 N–H and O–H groups in total. The molecule has 1 unspecified atom stereocenters. The van der Waals surface area contributed by atoms with Gasteiger partial charge in [0.1, 0.15) is 5.69 Å². The van der Waals surface area contributed by atoms with Crippen LogP contribution in [0.25, 0.3) is 0 Å². The van der Waals surface area contributed by atoms with Crippen LogP contribution in [0.5, 0.6) is 0 Å². The highest BCUT2D eigenvalue weighted by atomic mass is 79.9. The van der Waals surface area contributed by atoms with Crippen LogP contribution >= 0.6 is 15.9 Å². The Balaban J connectivity index is 1.81. The molecule has 1 atom stereocenters. The first-order valence-electron chi connectivity index (χ1n) is 7.39. The lowest BCUT2D eigenvalue weighted by molar-refractivity contribution is 0.0705. The molecule has 1 aromatic heterocycles. The van der Waals surface area contributed by atoms with Crippen LogP contribution in [-0.2, 0) is 0 Å². The number of hydrogen-bond acceptors (Lipinski definition) is 2. The largest absolute Gasteiger partial charge is 0.339 e. The average molecular weight is 340 g/mol. The van der Waals surface area contributed by atoms with Gasteiger partial charge in [-0.25, -0.2) is 0 Å². The fraction of sp³-hybridized carbons (Fsp3) is 0.667. The number of hydrogen-bond donors (Lipinski definition) is 0. The van der Waals surface area contributed by atoms with Crippen molar-refractivity contribution >= 4 is 21.8 Å². The molecule has 20 heavy (non-hydrogen) atoms. The normalized spacial score (nSPS) is 22.8. The first-order valence-corrected chi connectivity index (χ1v) is 8.18. The van der Waals surface area contributed by atoms with Crippen molar-refractivity contribution in [1.29, 1.82) is 0 Å². The van der Waals surface area contributed by atoms with Crippen LogP contribution in [0.15, 0.2) is 16.7 Å². The Labute approximate surface area is 128 Å². The van der Waals surface area contributed by atoms with Crippen molar-refractivity contribution in [2.75, 3.05) is 27.2 Å². The maximum Gasteiger partial charge on any atom is 0.270 e. The molecule has 0 bridgehead atoms. The van der Waals surface area contributed by atoms with Crippen molar-refractivity contribution in [3.63, 3.8) is 0 Å². The van der Waals surface area contributed by atoms with Crippen molar-refractivity contribution in [1.82, 2.24) is 14.4 Å². The Bertz CT molecular complexity index is 507. The summed E-state index contributed by atoms with van der Waals surface area (Å²) in [6, 6.07) is 2.88. The molecule has 0 radical (unpaired) electrons. The molecule has 1 saturated carbocycles. The second kappa shape index (κ2) is 5.53. The number of nitrogens with zero attached hydrogens (tertiary/aromatic N) is 3. The van der Waals surface area contributed by atoms with Gasteiger partial charge in [0, 0.05) is 35.8 Å². The lowest BCUT2D eigenvalue weighted by Gasteiger charge is -2.27. The van der Waals surface area contributed by atoms with E-state index < -0.39 is 0 Å². The highest BCUT2D eigenvalue weighted by molar-refractivity contribution is 9.10. The molecule has 1 saturated heterocycles. The number of halogens is 1. The molecule has 110 valence electrons. The topological polar surface area (TPSA) is 28.5 Å². The van der Waals surface area contributed by atoms with Gasteiger partial charge in [-0.15, -0.1) is 0 Å². The zero-order valence-electron chi connectivity index (χ0n) is 12.2. The Kier molecular flexibility index (Phi) is 3.91. The first-order chi connectivity index (χ1) is 9.56. The van der Waals surface area contributed by atoms with Gasteiger partial charge in [-0.05, 0) is 61.8 Å². The molecular weight excluding hydrogens is 318 g/mol. The number of carbonyl (C=O) groups excluding carboxylic acids is 1. The zero-order chi connectivity index (χ0) is 14.3. The van der Waals surface area contributed by atoms with Crippen LogP contribution in [0.3, 0.4) is 0 Å². The summed E-state index contributed by atoms with van der Waals surface area (Å²) in [6.45, 7) is 1.85. The van der Waals surface area contributed by atoms with E-state index in [4.69, 9.17) is 0 Å². The number of aromatic nitrogens is 1. The SMILES string of the molecule is CN(C)CC1CCCN1C(=O)c1cc(Br)cn1C1CC1. The van der Waals surface area contributed by atoms with E-state index in [1.54, 1.807) is 0 Å². The van der Waals surface area contributed by atoms with E-state index in [0.29, 0.717) is 12.1 Å². The van der Waals surface area contributed by atoms with E-state index in [1.165, 1.54) is 12.8 Å².